The molecule has 0 atom stereocenters. The summed E-state index contributed by atoms with van der Waals surface area (Å²) in [6.45, 7) is 2.40. The second-order valence-corrected chi connectivity index (χ2v) is 8.16. The van der Waals surface area contributed by atoms with Crippen molar-refractivity contribution in [1.82, 2.24) is 15.3 Å². The highest BCUT2D eigenvalue weighted by Crippen LogP contribution is 2.27. The summed E-state index contributed by atoms with van der Waals surface area (Å²) in [5.74, 6) is -0.0141. The first-order chi connectivity index (χ1) is 15.2. The number of anilines is 1. The van der Waals surface area contributed by atoms with Gasteiger partial charge in [0.2, 0.25) is 0 Å². The van der Waals surface area contributed by atoms with Crippen LogP contribution >= 0.6 is 0 Å². The van der Waals surface area contributed by atoms with Gasteiger partial charge in [-0.1, -0.05) is 24.3 Å². The number of pyridine rings is 1. The number of amides is 1. The third-order valence-electron chi connectivity index (χ3n) is 6.07. The number of hydrogen-bond acceptors (Lipinski definition) is 4. The molecule has 0 bridgehead atoms. The van der Waals surface area contributed by atoms with Gasteiger partial charge >= 0.3 is 0 Å². The number of piperidine rings is 1. The zero-order chi connectivity index (χ0) is 21.2. The van der Waals surface area contributed by atoms with Crippen LogP contribution in [0.25, 0.3) is 23.4 Å². The first-order valence-corrected chi connectivity index (χ1v) is 10.8. The number of H-pyrrole nitrogens is 1. The molecule has 2 aromatic heterocycles. The lowest BCUT2D eigenvalue weighted by atomic mass is 10.0. The van der Waals surface area contributed by atoms with Crippen LogP contribution < -0.4 is 10.2 Å². The number of para-hydroxylation sites is 1. The fraction of sp³-hybridized carbons (Fsp3) is 0.280. The monoisotopic (exact) mass is 414 g/mol. The number of aliphatic hydroxyl groups excluding tert-OH is 1. The van der Waals surface area contributed by atoms with Crippen LogP contribution in [0.3, 0.4) is 0 Å². The van der Waals surface area contributed by atoms with Gasteiger partial charge in [-0.05, 0) is 48.7 Å². The molecule has 0 aliphatic carbocycles. The molecule has 6 nitrogen and oxygen atoms in total. The zero-order valence-corrected chi connectivity index (χ0v) is 17.3. The fourth-order valence-electron chi connectivity index (χ4n) is 4.35. The number of aliphatic hydroxyl groups is 1. The van der Waals surface area contributed by atoms with Crippen molar-refractivity contribution in [2.24, 2.45) is 0 Å². The highest BCUT2D eigenvalue weighted by Gasteiger charge is 2.20. The van der Waals surface area contributed by atoms with Gasteiger partial charge in [-0.2, -0.15) is 0 Å². The molecule has 0 spiro atoms. The van der Waals surface area contributed by atoms with Gasteiger partial charge in [-0.15, -0.1) is 0 Å². The van der Waals surface area contributed by atoms with Crippen LogP contribution in [0.2, 0.25) is 0 Å². The molecule has 31 heavy (non-hydrogen) atoms. The Labute approximate surface area is 181 Å². The van der Waals surface area contributed by atoms with E-state index in [1.807, 2.05) is 30.3 Å². The second kappa shape index (κ2) is 8.40. The lowest BCUT2D eigenvalue weighted by molar-refractivity contribution is 0.0946. The van der Waals surface area contributed by atoms with Crippen LogP contribution in [0.5, 0.6) is 0 Å². The van der Waals surface area contributed by atoms with E-state index in [1.165, 1.54) is 5.69 Å². The number of aromatic nitrogens is 2. The van der Waals surface area contributed by atoms with Crippen molar-refractivity contribution in [3.05, 3.63) is 71.2 Å². The SMILES string of the molecule is O=C1NCCc2[nH]c(-c3ccnc(/C=C/c4ccccc4N4CCC(O)CC4)c3)cc21. The summed E-state index contributed by atoms with van der Waals surface area (Å²) in [4.78, 5) is 22.3. The predicted molar refractivity (Wildman–Crippen MR) is 123 cm³/mol. The first-order valence-electron chi connectivity index (χ1n) is 10.8. The van der Waals surface area contributed by atoms with E-state index in [0.717, 1.165) is 66.1 Å². The van der Waals surface area contributed by atoms with Gasteiger partial charge in [-0.3, -0.25) is 9.78 Å². The molecular weight excluding hydrogens is 388 g/mol. The fourth-order valence-corrected chi connectivity index (χ4v) is 4.35. The quantitative estimate of drug-likeness (QED) is 0.610. The van der Waals surface area contributed by atoms with Crippen LogP contribution in [0, 0.1) is 0 Å². The molecule has 5 rings (SSSR count). The topological polar surface area (TPSA) is 81.2 Å². The van der Waals surface area contributed by atoms with Crippen LogP contribution in [0.15, 0.2) is 48.7 Å². The van der Waals surface area contributed by atoms with Crippen LogP contribution in [0.1, 0.15) is 40.2 Å². The lowest BCUT2D eigenvalue weighted by Crippen LogP contribution is -2.36. The average molecular weight is 415 g/mol. The van der Waals surface area contributed by atoms with Crippen molar-refractivity contribution < 1.29 is 9.90 Å². The Morgan fingerprint density at radius 1 is 1.10 bits per heavy atom. The van der Waals surface area contributed by atoms with E-state index in [2.05, 4.69) is 44.5 Å². The zero-order valence-electron chi connectivity index (χ0n) is 17.3. The molecule has 1 saturated heterocycles. The molecule has 0 saturated carbocycles. The molecule has 2 aliphatic heterocycles. The molecule has 4 heterocycles. The second-order valence-electron chi connectivity index (χ2n) is 8.16. The van der Waals surface area contributed by atoms with Gasteiger partial charge in [0, 0.05) is 54.9 Å². The van der Waals surface area contributed by atoms with Gasteiger partial charge < -0.3 is 20.3 Å². The number of hydrogen-bond donors (Lipinski definition) is 3. The minimum absolute atomic E-state index is 0.0141. The first kappa shape index (κ1) is 19.6. The van der Waals surface area contributed by atoms with Crippen molar-refractivity contribution in [2.75, 3.05) is 24.5 Å². The van der Waals surface area contributed by atoms with Gasteiger partial charge in [0.05, 0.1) is 17.4 Å². The maximum absolute atomic E-state index is 12.1. The molecule has 158 valence electrons. The molecule has 1 amide bonds. The summed E-state index contributed by atoms with van der Waals surface area (Å²) in [7, 11) is 0. The van der Waals surface area contributed by atoms with Gasteiger partial charge in [-0.25, -0.2) is 0 Å². The molecule has 0 radical (unpaired) electrons. The highest BCUT2D eigenvalue weighted by molar-refractivity contribution is 5.97. The van der Waals surface area contributed by atoms with Crippen molar-refractivity contribution in [3.8, 4) is 11.3 Å². The third-order valence-corrected chi connectivity index (χ3v) is 6.07. The number of carbonyl (C=O) groups excluding carboxylic acids is 1. The number of nitrogens with zero attached hydrogens (tertiary/aromatic N) is 2. The minimum Gasteiger partial charge on any atom is -0.393 e. The minimum atomic E-state index is -0.185. The summed E-state index contributed by atoms with van der Waals surface area (Å²) >= 11 is 0. The largest absolute Gasteiger partial charge is 0.393 e. The van der Waals surface area contributed by atoms with Gasteiger partial charge in [0.25, 0.3) is 5.91 Å². The number of aromatic amines is 1. The molecule has 1 aromatic carbocycles. The maximum Gasteiger partial charge on any atom is 0.253 e. The Hall–Kier alpha value is -3.38. The Kier molecular flexibility index (Phi) is 5.30. The summed E-state index contributed by atoms with van der Waals surface area (Å²) in [6.07, 6.45) is 8.17. The van der Waals surface area contributed by atoms with Gasteiger partial charge in [0.15, 0.2) is 0 Å². The van der Waals surface area contributed by atoms with Crippen molar-refractivity contribution in [2.45, 2.75) is 25.4 Å². The van der Waals surface area contributed by atoms with E-state index in [1.54, 1.807) is 6.20 Å². The average Bonchev–Trinajstić information content (AvgIpc) is 3.25. The van der Waals surface area contributed by atoms with Crippen molar-refractivity contribution >= 4 is 23.7 Å². The summed E-state index contributed by atoms with van der Waals surface area (Å²) in [6, 6.07) is 14.3. The van der Waals surface area contributed by atoms with E-state index in [-0.39, 0.29) is 12.0 Å². The smallest absolute Gasteiger partial charge is 0.253 e. The molecule has 2 aliphatic rings. The maximum atomic E-state index is 12.1. The number of fused-ring (bicyclic) bond motifs is 1. The van der Waals surface area contributed by atoms with Crippen molar-refractivity contribution in [3.63, 3.8) is 0 Å². The highest BCUT2D eigenvalue weighted by atomic mass is 16.3. The van der Waals surface area contributed by atoms with Crippen LogP contribution in [0.4, 0.5) is 5.69 Å². The van der Waals surface area contributed by atoms with E-state index < -0.39 is 0 Å². The number of benzene rings is 1. The Morgan fingerprint density at radius 2 is 1.94 bits per heavy atom. The van der Waals surface area contributed by atoms with Crippen LogP contribution in [-0.4, -0.2) is 46.7 Å². The molecule has 6 heteroatoms. The molecule has 1 fully saturated rings. The number of carbonyl (C=O) groups is 1. The lowest BCUT2D eigenvalue weighted by Gasteiger charge is -2.32. The van der Waals surface area contributed by atoms with E-state index >= 15 is 0 Å². The van der Waals surface area contributed by atoms with Crippen LogP contribution in [-0.2, 0) is 6.42 Å². The van der Waals surface area contributed by atoms with E-state index in [9.17, 15) is 9.90 Å². The number of nitrogens with one attached hydrogen (secondary N) is 2. The van der Waals surface area contributed by atoms with Gasteiger partial charge in [0.1, 0.15) is 0 Å². The molecule has 3 N–H and O–H groups in total. The molecule has 3 aromatic rings. The Bertz CT molecular complexity index is 1130. The Morgan fingerprint density at radius 3 is 2.77 bits per heavy atom. The third kappa shape index (κ3) is 4.11. The Balaban J connectivity index is 1.39. The number of rotatable bonds is 4. The predicted octanol–water partition coefficient (Wildman–Crippen LogP) is 3.49. The van der Waals surface area contributed by atoms with Crippen molar-refractivity contribution in [1.29, 1.82) is 0 Å². The summed E-state index contributed by atoms with van der Waals surface area (Å²) < 4.78 is 0. The van der Waals surface area contributed by atoms with E-state index in [0.29, 0.717) is 6.54 Å². The molecular formula is C25H26N4O2. The summed E-state index contributed by atoms with van der Waals surface area (Å²) in [5, 5.41) is 12.7. The summed E-state index contributed by atoms with van der Waals surface area (Å²) in [5.41, 5.74) is 6.85. The van der Waals surface area contributed by atoms with E-state index in [4.69, 9.17) is 0 Å². The normalized spacial score (nSPS) is 17.1. The standard InChI is InChI=1S/C25H26N4O2/c30-20-9-13-29(14-10-20)24-4-2-1-3-17(24)5-6-19-15-18(7-11-26-19)23-16-21-22(28-23)8-12-27-25(21)31/h1-7,11,15-16,20,28,30H,8-10,12-14H2,(H,27,31)/b6-5+. The molecule has 0 unspecified atom stereocenters.